The van der Waals surface area contributed by atoms with E-state index in [2.05, 4.69) is 4.90 Å². The summed E-state index contributed by atoms with van der Waals surface area (Å²) >= 11 is 0. The first-order valence-electron chi connectivity index (χ1n) is 10.5. The first-order chi connectivity index (χ1) is 14.6. The summed E-state index contributed by atoms with van der Waals surface area (Å²) in [5, 5.41) is 19.4. The van der Waals surface area contributed by atoms with E-state index in [0.717, 1.165) is 61.7 Å². The average molecular weight is 411 g/mol. The van der Waals surface area contributed by atoms with Crippen molar-refractivity contribution in [2.24, 2.45) is 0 Å². The molecule has 2 heterocycles. The van der Waals surface area contributed by atoms with E-state index in [1.165, 1.54) is 0 Å². The summed E-state index contributed by atoms with van der Waals surface area (Å²) in [5.41, 5.74) is 3.42. The van der Waals surface area contributed by atoms with Gasteiger partial charge in [-0.15, -0.1) is 0 Å². The Morgan fingerprint density at radius 1 is 1.00 bits per heavy atom. The number of rotatable bonds is 8. The molecule has 3 aromatic rings. The standard InChI is InChI=1S/C23H30N4O3/c1-18-6-2-5-9-22(18)30-17-19(28)16-27-21-8-4-3-7-20(21)26(23(27)24)11-10-25-12-14-29-15-13-25/h2-9,19,24,28H,10-17H2,1H3/t19-/m0/s1. The Balaban J connectivity index is 1.48. The van der Waals surface area contributed by atoms with E-state index in [4.69, 9.17) is 14.9 Å². The van der Waals surface area contributed by atoms with Crippen molar-refractivity contribution in [2.75, 3.05) is 39.5 Å². The highest BCUT2D eigenvalue weighted by atomic mass is 16.5. The van der Waals surface area contributed by atoms with Gasteiger partial charge in [0.1, 0.15) is 18.5 Å². The number of para-hydroxylation sites is 3. The number of aliphatic hydroxyl groups is 1. The van der Waals surface area contributed by atoms with Gasteiger partial charge in [-0.05, 0) is 30.7 Å². The minimum Gasteiger partial charge on any atom is -0.491 e. The number of aromatic nitrogens is 2. The number of hydrogen-bond acceptors (Lipinski definition) is 5. The third kappa shape index (κ3) is 4.59. The number of imidazole rings is 1. The fourth-order valence-electron chi connectivity index (χ4n) is 3.94. The molecule has 1 atom stereocenters. The van der Waals surface area contributed by atoms with Gasteiger partial charge < -0.3 is 23.7 Å². The molecule has 160 valence electrons. The van der Waals surface area contributed by atoms with E-state index in [-0.39, 0.29) is 6.61 Å². The van der Waals surface area contributed by atoms with Crippen LogP contribution in [0.5, 0.6) is 5.75 Å². The molecule has 1 saturated heterocycles. The summed E-state index contributed by atoms with van der Waals surface area (Å²) in [7, 11) is 0. The van der Waals surface area contributed by atoms with Gasteiger partial charge in [0.15, 0.2) is 0 Å². The molecule has 0 radical (unpaired) electrons. The van der Waals surface area contributed by atoms with Gasteiger partial charge in [0, 0.05) is 26.2 Å². The third-order valence-electron chi connectivity index (χ3n) is 5.64. The smallest absolute Gasteiger partial charge is 0.203 e. The highest BCUT2D eigenvalue weighted by Crippen LogP contribution is 2.17. The molecular formula is C23H30N4O3. The highest BCUT2D eigenvalue weighted by Gasteiger charge is 2.16. The molecule has 2 aromatic carbocycles. The lowest BCUT2D eigenvalue weighted by molar-refractivity contribution is 0.0363. The van der Waals surface area contributed by atoms with Gasteiger partial charge in [0.05, 0.1) is 30.8 Å². The fraction of sp³-hybridized carbons (Fsp3) is 0.435. The lowest BCUT2D eigenvalue weighted by Gasteiger charge is -2.26. The molecule has 0 unspecified atom stereocenters. The van der Waals surface area contributed by atoms with Gasteiger partial charge in [0.2, 0.25) is 5.62 Å². The summed E-state index contributed by atoms with van der Waals surface area (Å²) in [6.07, 6.45) is -0.711. The zero-order valence-corrected chi connectivity index (χ0v) is 17.5. The Morgan fingerprint density at radius 2 is 1.67 bits per heavy atom. The first-order valence-corrected chi connectivity index (χ1v) is 10.5. The summed E-state index contributed by atoms with van der Waals surface area (Å²) in [6, 6.07) is 15.8. The summed E-state index contributed by atoms with van der Waals surface area (Å²) in [6.45, 7) is 7.51. The molecule has 1 aliphatic rings. The van der Waals surface area contributed by atoms with Crippen molar-refractivity contribution in [3.05, 3.63) is 59.7 Å². The Labute approximate surface area is 176 Å². The predicted octanol–water partition coefficient (Wildman–Crippen LogP) is 2.00. The van der Waals surface area contributed by atoms with E-state index in [1.807, 2.05) is 64.6 Å². The Hall–Kier alpha value is -2.61. The van der Waals surface area contributed by atoms with E-state index in [1.54, 1.807) is 0 Å². The van der Waals surface area contributed by atoms with Crippen molar-refractivity contribution >= 4 is 11.0 Å². The minimum absolute atomic E-state index is 0.185. The number of fused-ring (bicyclic) bond motifs is 1. The monoisotopic (exact) mass is 410 g/mol. The lowest BCUT2D eigenvalue weighted by Crippen LogP contribution is -2.39. The topological polar surface area (TPSA) is 75.6 Å². The van der Waals surface area contributed by atoms with Gasteiger partial charge in [-0.2, -0.15) is 0 Å². The van der Waals surface area contributed by atoms with E-state index in [9.17, 15) is 5.11 Å². The summed E-state index contributed by atoms with van der Waals surface area (Å²) in [4.78, 5) is 2.37. The summed E-state index contributed by atoms with van der Waals surface area (Å²) in [5.74, 6) is 0.778. The first kappa shape index (κ1) is 20.7. The maximum absolute atomic E-state index is 10.6. The van der Waals surface area contributed by atoms with Crippen LogP contribution in [0.4, 0.5) is 0 Å². The Morgan fingerprint density at radius 3 is 2.40 bits per heavy atom. The number of aliphatic hydroxyl groups excluding tert-OH is 1. The van der Waals surface area contributed by atoms with Crippen molar-refractivity contribution in [3.8, 4) is 5.75 Å². The second-order valence-electron chi connectivity index (χ2n) is 7.76. The van der Waals surface area contributed by atoms with Crippen molar-refractivity contribution in [1.29, 1.82) is 5.41 Å². The maximum atomic E-state index is 10.6. The van der Waals surface area contributed by atoms with Crippen molar-refractivity contribution in [2.45, 2.75) is 26.1 Å². The lowest BCUT2D eigenvalue weighted by atomic mass is 10.2. The van der Waals surface area contributed by atoms with Crippen molar-refractivity contribution in [3.63, 3.8) is 0 Å². The normalized spacial score (nSPS) is 16.1. The molecule has 0 saturated carbocycles. The van der Waals surface area contributed by atoms with Gasteiger partial charge in [-0.25, -0.2) is 0 Å². The highest BCUT2D eigenvalue weighted by molar-refractivity contribution is 5.75. The number of nitrogens with zero attached hydrogens (tertiary/aromatic N) is 3. The van der Waals surface area contributed by atoms with E-state index < -0.39 is 6.10 Å². The fourth-order valence-corrected chi connectivity index (χ4v) is 3.94. The second kappa shape index (κ2) is 9.47. The molecule has 1 aromatic heterocycles. The zero-order chi connectivity index (χ0) is 20.9. The summed E-state index contributed by atoms with van der Waals surface area (Å²) < 4.78 is 15.1. The number of ether oxygens (including phenoxy) is 2. The van der Waals surface area contributed by atoms with Crippen LogP contribution < -0.4 is 10.4 Å². The molecule has 1 fully saturated rings. The average Bonchev–Trinajstić information content (AvgIpc) is 3.03. The number of benzene rings is 2. The van der Waals surface area contributed by atoms with E-state index >= 15 is 0 Å². The van der Waals surface area contributed by atoms with Gasteiger partial charge in [0.25, 0.3) is 0 Å². The molecule has 2 N–H and O–H groups in total. The van der Waals surface area contributed by atoms with Crippen LogP contribution in [0.2, 0.25) is 0 Å². The molecule has 0 aliphatic carbocycles. The van der Waals surface area contributed by atoms with Gasteiger partial charge in [-0.1, -0.05) is 30.3 Å². The van der Waals surface area contributed by atoms with Crippen LogP contribution in [-0.4, -0.2) is 64.7 Å². The maximum Gasteiger partial charge on any atom is 0.203 e. The van der Waals surface area contributed by atoms with Crippen LogP contribution in [0, 0.1) is 12.3 Å². The van der Waals surface area contributed by atoms with Crippen LogP contribution in [0.1, 0.15) is 5.56 Å². The Bertz CT molecular complexity index is 1040. The molecule has 30 heavy (non-hydrogen) atoms. The number of hydrogen-bond donors (Lipinski definition) is 2. The zero-order valence-electron chi connectivity index (χ0n) is 17.5. The SMILES string of the molecule is Cc1ccccc1OC[C@@H](O)Cn1c(=N)n(CCN2CCOCC2)c2ccccc21. The predicted molar refractivity (Wildman–Crippen MR) is 116 cm³/mol. The quantitative estimate of drug-likeness (QED) is 0.596. The van der Waals surface area contributed by atoms with Gasteiger partial charge >= 0.3 is 0 Å². The van der Waals surface area contributed by atoms with Crippen molar-refractivity contribution < 1.29 is 14.6 Å². The molecule has 7 heteroatoms. The molecule has 4 rings (SSSR count). The van der Waals surface area contributed by atoms with Crippen LogP contribution >= 0.6 is 0 Å². The molecule has 7 nitrogen and oxygen atoms in total. The largest absolute Gasteiger partial charge is 0.491 e. The molecule has 0 spiro atoms. The van der Waals surface area contributed by atoms with Gasteiger partial charge in [-0.3, -0.25) is 10.3 Å². The van der Waals surface area contributed by atoms with Crippen LogP contribution in [-0.2, 0) is 17.8 Å². The number of aryl methyl sites for hydroxylation is 1. The second-order valence-corrected chi connectivity index (χ2v) is 7.76. The number of morpholine rings is 1. The van der Waals surface area contributed by atoms with Crippen molar-refractivity contribution in [1.82, 2.24) is 14.0 Å². The molecular weight excluding hydrogens is 380 g/mol. The molecule has 1 aliphatic heterocycles. The minimum atomic E-state index is -0.711. The number of nitrogens with one attached hydrogen (secondary N) is 1. The van der Waals surface area contributed by atoms with E-state index in [0.29, 0.717) is 12.2 Å². The Kier molecular flexibility index (Phi) is 6.52. The van der Waals surface area contributed by atoms with Crippen LogP contribution in [0.3, 0.4) is 0 Å². The third-order valence-corrected chi connectivity index (χ3v) is 5.64. The van der Waals surface area contributed by atoms with Crippen LogP contribution in [0.25, 0.3) is 11.0 Å². The van der Waals surface area contributed by atoms with Crippen LogP contribution in [0.15, 0.2) is 48.5 Å². The molecule has 0 amide bonds. The molecule has 0 bridgehead atoms.